The molecule has 3 N–H and O–H groups in total. The van der Waals surface area contributed by atoms with Gasteiger partial charge in [0.2, 0.25) is 5.91 Å². The minimum Gasteiger partial charge on any atom is -0.397 e. The molecule has 4 heteroatoms. The average molecular weight is 289 g/mol. The Morgan fingerprint density at radius 2 is 1.81 bits per heavy atom. The Balaban J connectivity index is 2.26. The lowest BCUT2D eigenvalue weighted by Gasteiger charge is -2.28. The zero-order valence-corrected chi connectivity index (χ0v) is 13.2. The molecule has 0 aliphatic carbocycles. The van der Waals surface area contributed by atoms with Crippen LogP contribution in [0.25, 0.3) is 0 Å². The molecule has 0 spiro atoms. The van der Waals surface area contributed by atoms with Crippen molar-refractivity contribution in [3.8, 4) is 0 Å². The molecular formula is C17H27N3O. The topological polar surface area (TPSA) is 58.4 Å². The molecule has 0 unspecified atom stereocenters. The molecule has 4 nitrogen and oxygen atoms in total. The number of carbonyl (C=O) groups is 1. The van der Waals surface area contributed by atoms with E-state index in [0.717, 1.165) is 55.0 Å². The molecule has 116 valence electrons. The molecule has 21 heavy (non-hydrogen) atoms. The summed E-state index contributed by atoms with van der Waals surface area (Å²) in [6.07, 6.45) is 6.00. The van der Waals surface area contributed by atoms with E-state index in [4.69, 9.17) is 5.73 Å². The van der Waals surface area contributed by atoms with E-state index in [1.165, 1.54) is 12.8 Å². The number of nitrogen functional groups attached to an aromatic ring is 1. The molecule has 1 heterocycles. The van der Waals surface area contributed by atoms with Gasteiger partial charge >= 0.3 is 0 Å². The summed E-state index contributed by atoms with van der Waals surface area (Å²) in [4.78, 5) is 13.9. The molecule has 0 atom stereocenters. The Morgan fingerprint density at radius 1 is 1.14 bits per heavy atom. The summed E-state index contributed by atoms with van der Waals surface area (Å²) < 4.78 is 0. The van der Waals surface area contributed by atoms with Crippen LogP contribution in [-0.2, 0) is 11.2 Å². The monoisotopic (exact) mass is 289 g/mol. The molecule has 1 amide bonds. The van der Waals surface area contributed by atoms with Gasteiger partial charge in [-0.25, -0.2) is 0 Å². The van der Waals surface area contributed by atoms with E-state index in [-0.39, 0.29) is 5.91 Å². The number of carbonyl (C=O) groups excluding carboxylic acids is 1. The smallest absolute Gasteiger partial charge is 0.224 e. The highest BCUT2D eigenvalue weighted by Crippen LogP contribution is 2.33. The molecule has 1 aromatic carbocycles. The Kier molecular flexibility index (Phi) is 5.48. The number of benzene rings is 1. The normalized spacial score (nSPS) is 13.7. The minimum atomic E-state index is 0.104. The summed E-state index contributed by atoms with van der Waals surface area (Å²) >= 11 is 0. The maximum atomic E-state index is 11.6. The standard InChI is InChI=1S/C17H27N3O/c1-3-5-9-20(10-6-4-2)16-12-15-13(11-14(16)18)7-8-17(21)19-15/h11-12H,3-10,18H2,1-2H3,(H,19,21). The first-order chi connectivity index (χ1) is 10.2. The fourth-order valence-corrected chi connectivity index (χ4v) is 2.76. The van der Waals surface area contributed by atoms with Crippen LogP contribution in [0.2, 0.25) is 0 Å². The Labute approximate surface area is 127 Å². The SMILES string of the molecule is CCCCN(CCCC)c1cc2c(cc1N)CCC(=O)N2. The highest BCUT2D eigenvalue weighted by Gasteiger charge is 2.18. The fourth-order valence-electron chi connectivity index (χ4n) is 2.76. The van der Waals surface area contributed by atoms with Gasteiger partial charge < -0.3 is 16.0 Å². The van der Waals surface area contributed by atoms with Gasteiger partial charge in [0, 0.05) is 25.2 Å². The van der Waals surface area contributed by atoms with Crippen molar-refractivity contribution in [1.29, 1.82) is 0 Å². The van der Waals surface area contributed by atoms with Crippen molar-refractivity contribution < 1.29 is 4.79 Å². The predicted octanol–water partition coefficient (Wildman–Crippen LogP) is 3.56. The van der Waals surface area contributed by atoms with Crippen molar-refractivity contribution in [3.05, 3.63) is 17.7 Å². The maximum absolute atomic E-state index is 11.6. The first-order valence-corrected chi connectivity index (χ1v) is 8.12. The highest BCUT2D eigenvalue weighted by atomic mass is 16.1. The van der Waals surface area contributed by atoms with Crippen LogP contribution in [0.3, 0.4) is 0 Å². The van der Waals surface area contributed by atoms with Crippen molar-refractivity contribution in [2.24, 2.45) is 0 Å². The molecule has 0 aromatic heterocycles. The van der Waals surface area contributed by atoms with E-state index >= 15 is 0 Å². The second-order valence-corrected chi connectivity index (χ2v) is 5.81. The van der Waals surface area contributed by atoms with Gasteiger partial charge in [-0.05, 0) is 37.0 Å². The van der Waals surface area contributed by atoms with Crippen LogP contribution in [0.15, 0.2) is 12.1 Å². The first kappa shape index (κ1) is 15.7. The third-order valence-corrected chi connectivity index (χ3v) is 4.05. The molecular weight excluding hydrogens is 262 g/mol. The van der Waals surface area contributed by atoms with E-state index in [9.17, 15) is 4.79 Å². The Hall–Kier alpha value is -1.71. The van der Waals surface area contributed by atoms with Crippen LogP contribution >= 0.6 is 0 Å². The lowest BCUT2D eigenvalue weighted by atomic mass is 10.0. The summed E-state index contributed by atoms with van der Waals surface area (Å²) in [5.74, 6) is 0.104. The van der Waals surface area contributed by atoms with Crippen LogP contribution in [0, 0.1) is 0 Å². The lowest BCUT2D eigenvalue weighted by Crippen LogP contribution is -2.27. The van der Waals surface area contributed by atoms with Crippen molar-refractivity contribution in [2.45, 2.75) is 52.4 Å². The molecule has 1 aliphatic heterocycles. The summed E-state index contributed by atoms with van der Waals surface area (Å²) in [5.41, 5.74) is 10.3. The molecule has 2 rings (SSSR count). The van der Waals surface area contributed by atoms with Gasteiger partial charge in [-0.2, -0.15) is 0 Å². The lowest BCUT2D eigenvalue weighted by molar-refractivity contribution is -0.116. The number of anilines is 3. The summed E-state index contributed by atoms with van der Waals surface area (Å²) in [6, 6.07) is 4.10. The van der Waals surface area contributed by atoms with Crippen molar-refractivity contribution >= 4 is 23.0 Å². The van der Waals surface area contributed by atoms with Crippen LogP contribution < -0.4 is 16.0 Å². The molecule has 1 aliphatic rings. The number of unbranched alkanes of at least 4 members (excludes halogenated alkanes) is 2. The summed E-state index contributed by atoms with van der Waals surface area (Å²) in [5, 5.41) is 2.97. The van der Waals surface area contributed by atoms with Crippen LogP contribution in [-0.4, -0.2) is 19.0 Å². The third-order valence-electron chi connectivity index (χ3n) is 4.05. The van der Waals surface area contributed by atoms with E-state index < -0.39 is 0 Å². The zero-order chi connectivity index (χ0) is 15.2. The number of nitrogens with two attached hydrogens (primary N) is 1. The molecule has 0 bridgehead atoms. The van der Waals surface area contributed by atoms with Crippen molar-refractivity contribution in [3.63, 3.8) is 0 Å². The maximum Gasteiger partial charge on any atom is 0.224 e. The number of nitrogens with zero attached hydrogens (tertiary/aromatic N) is 1. The molecule has 1 aromatic rings. The van der Waals surface area contributed by atoms with E-state index in [1.807, 2.05) is 6.07 Å². The van der Waals surface area contributed by atoms with Crippen LogP contribution in [0.1, 0.15) is 51.5 Å². The van der Waals surface area contributed by atoms with E-state index in [2.05, 4.69) is 30.1 Å². The third kappa shape index (κ3) is 3.90. The van der Waals surface area contributed by atoms with Gasteiger partial charge in [-0.1, -0.05) is 26.7 Å². The van der Waals surface area contributed by atoms with Crippen LogP contribution in [0.5, 0.6) is 0 Å². The molecule has 0 fully saturated rings. The highest BCUT2D eigenvalue weighted by molar-refractivity contribution is 5.95. The number of hydrogen-bond donors (Lipinski definition) is 2. The number of nitrogens with one attached hydrogen (secondary N) is 1. The van der Waals surface area contributed by atoms with E-state index in [0.29, 0.717) is 6.42 Å². The number of amides is 1. The second kappa shape index (κ2) is 7.34. The number of aryl methyl sites for hydroxylation is 1. The van der Waals surface area contributed by atoms with Crippen molar-refractivity contribution in [1.82, 2.24) is 0 Å². The van der Waals surface area contributed by atoms with Gasteiger partial charge in [0.1, 0.15) is 0 Å². The predicted molar refractivity (Wildman–Crippen MR) is 89.8 cm³/mol. The quantitative estimate of drug-likeness (QED) is 0.755. The largest absolute Gasteiger partial charge is 0.397 e. The van der Waals surface area contributed by atoms with Gasteiger partial charge in [0.05, 0.1) is 11.4 Å². The molecule has 0 saturated heterocycles. The number of fused-ring (bicyclic) bond motifs is 1. The van der Waals surface area contributed by atoms with Gasteiger partial charge in [0.25, 0.3) is 0 Å². The van der Waals surface area contributed by atoms with Gasteiger partial charge in [-0.15, -0.1) is 0 Å². The zero-order valence-electron chi connectivity index (χ0n) is 13.2. The van der Waals surface area contributed by atoms with Gasteiger partial charge in [-0.3, -0.25) is 4.79 Å². The molecule has 0 saturated carbocycles. The first-order valence-electron chi connectivity index (χ1n) is 8.12. The van der Waals surface area contributed by atoms with Crippen molar-refractivity contribution in [2.75, 3.05) is 29.0 Å². The number of hydrogen-bond acceptors (Lipinski definition) is 3. The minimum absolute atomic E-state index is 0.104. The van der Waals surface area contributed by atoms with Gasteiger partial charge in [0.15, 0.2) is 0 Å². The Bertz CT molecular complexity index is 491. The van der Waals surface area contributed by atoms with Crippen LogP contribution in [0.4, 0.5) is 17.1 Å². The summed E-state index contributed by atoms with van der Waals surface area (Å²) in [7, 11) is 0. The summed E-state index contributed by atoms with van der Waals surface area (Å²) in [6.45, 7) is 6.45. The second-order valence-electron chi connectivity index (χ2n) is 5.81. The fraction of sp³-hybridized carbons (Fsp3) is 0.588. The molecule has 0 radical (unpaired) electrons. The van der Waals surface area contributed by atoms with E-state index in [1.54, 1.807) is 0 Å². The average Bonchev–Trinajstić information content (AvgIpc) is 2.47. The Morgan fingerprint density at radius 3 is 2.43 bits per heavy atom. The number of rotatable bonds is 7.